The summed E-state index contributed by atoms with van der Waals surface area (Å²) >= 11 is 0. The zero-order chi connectivity index (χ0) is 11.7. The van der Waals surface area contributed by atoms with Crippen LogP contribution in [0, 0.1) is 5.92 Å². The summed E-state index contributed by atoms with van der Waals surface area (Å²) in [5.74, 6) is 2.07. The van der Waals surface area contributed by atoms with Crippen molar-refractivity contribution in [3.63, 3.8) is 0 Å². The Kier molecular flexibility index (Phi) is 2.73. The van der Waals surface area contributed by atoms with Crippen molar-refractivity contribution in [3.05, 3.63) is 30.4 Å². The highest BCUT2D eigenvalue weighted by molar-refractivity contribution is 5.58. The number of hydrogen-bond donors (Lipinski definition) is 2. The third kappa shape index (κ3) is 2.00. The van der Waals surface area contributed by atoms with E-state index in [4.69, 9.17) is 0 Å². The molecule has 0 saturated carbocycles. The lowest BCUT2D eigenvalue weighted by Crippen LogP contribution is -2.29. The number of piperidine rings is 1. The molecule has 0 spiro atoms. The summed E-state index contributed by atoms with van der Waals surface area (Å²) < 4.78 is 2.00. The van der Waals surface area contributed by atoms with E-state index in [1.165, 1.54) is 12.8 Å². The Morgan fingerprint density at radius 1 is 1.41 bits per heavy atom. The van der Waals surface area contributed by atoms with E-state index in [9.17, 15) is 5.11 Å². The molecule has 0 radical (unpaired) electrons. The molecule has 0 atom stereocenters. The second kappa shape index (κ2) is 4.37. The zero-order valence-corrected chi connectivity index (χ0v) is 9.76. The summed E-state index contributed by atoms with van der Waals surface area (Å²) in [7, 11) is 0. The first-order chi connectivity index (χ1) is 8.34. The predicted molar refractivity (Wildman–Crippen MR) is 66.2 cm³/mol. The fourth-order valence-corrected chi connectivity index (χ4v) is 2.56. The minimum atomic E-state index is 0.302. The van der Waals surface area contributed by atoms with Gasteiger partial charge < -0.3 is 14.8 Å². The van der Waals surface area contributed by atoms with E-state index < -0.39 is 0 Å². The maximum absolute atomic E-state index is 9.72. The monoisotopic (exact) mass is 231 g/mol. The minimum absolute atomic E-state index is 0.302. The lowest BCUT2D eigenvalue weighted by atomic mass is 9.94. The van der Waals surface area contributed by atoms with Gasteiger partial charge in [-0.05, 0) is 44.0 Å². The molecule has 1 saturated heterocycles. The Hall–Kier alpha value is -1.55. The van der Waals surface area contributed by atoms with E-state index in [0.29, 0.717) is 11.7 Å². The highest BCUT2D eigenvalue weighted by Gasteiger charge is 2.16. The Bertz CT molecular complexity index is 514. The molecule has 3 rings (SSSR count). The van der Waals surface area contributed by atoms with Gasteiger partial charge in [0, 0.05) is 12.6 Å². The average molecular weight is 231 g/mol. The number of hydrogen-bond acceptors (Lipinski definition) is 3. The van der Waals surface area contributed by atoms with E-state index in [1.807, 2.05) is 16.7 Å². The van der Waals surface area contributed by atoms with Crippen LogP contribution in [-0.2, 0) is 6.42 Å². The highest BCUT2D eigenvalue weighted by Crippen LogP contribution is 2.22. The van der Waals surface area contributed by atoms with Gasteiger partial charge in [-0.25, -0.2) is 4.98 Å². The van der Waals surface area contributed by atoms with Gasteiger partial charge in [0.05, 0.1) is 6.20 Å². The van der Waals surface area contributed by atoms with Crippen molar-refractivity contribution in [1.82, 2.24) is 14.7 Å². The molecule has 0 aromatic carbocycles. The fraction of sp³-hybridized carbons (Fsp3) is 0.462. The lowest BCUT2D eigenvalue weighted by molar-refractivity contribution is 0.367. The van der Waals surface area contributed by atoms with E-state index in [-0.39, 0.29) is 0 Å². The number of aromatic nitrogens is 2. The van der Waals surface area contributed by atoms with Crippen LogP contribution >= 0.6 is 0 Å². The number of nitrogens with one attached hydrogen (secondary N) is 1. The van der Waals surface area contributed by atoms with E-state index in [1.54, 1.807) is 12.3 Å². The minimum Gasteiger partial charge on any atom is -0.506 e. The van der Waals surface area contributed by atoms with Crippen LogP contribution in [0.2, 0.25) is 0 Å². The summed E-state index contributed by atoms with van der Waals surface area (Å²) in [6.07, 6.45) is 7.16. The molecule has 4 nitrogen and oxygen atoms in total. The predicted octanol–water partition coefficient (Wildman–Crippen LogP) is 1.58. The van der Waals surface area contributed by atoms with Crippen LogP contribution < -0.4 is 5.32 Å². The van der Waals surface area contributed by atoms with Gasteiger partial charge in [0.25, 0.3) is 0 Å². The largest absolute Gasteiger partial charge is 0.506 e. The third-order valence-corrected chi connectivity index (χ3v) is 3.56. The Morgan fingerprint density at radius 2 is 2.24 bits per heavy atom. The van der Waals surface area contributed by atoms with Crippen LogP contribution in [0.5, 0.6) is 5.75 Å². The Balaban J connectivity index is 1.87. The van der Waals surface area contributed by atoms with E-state index >= 15 is 0 Å². The molecule has 0 bridgehead atoms. The molecular weight excluding hydrogens is 214 g/mol. The van der Waals surface area contributed by atoms with Crippen molar-refractivity contribution in [2.45, 2.75) is 19.3 Å². The molecule has 1 fully saturated rings. The number of imidazole rings is 1. The molecule has 0 aliphatic carbocycles. The van der Waals surface area contributed by atoms with Gasteiger partial charge in [-0.2, -0.15) is 0 Å². The second-order valence-electron chi connectivity index (χ2n) is 4.72. The van der Waals surface area contributed by atoms with Crippen LogP contribution in [0.25, 0.3) is 5.52 Å². The van der Waals surface area contributed by atoms with Crippen molar-refractivity contribution in [2.24, 2.45) is 5.92 Å². The molecule has 90 valence electrons. The number of rotatable bonds is 2. The van der Waals surface area contributed by atoms with Gasteiger partial charge >= 0.3 is 0 Å². The Labute approximate surface area is 100 Å². The van der Waals surface area contributed by atoms with Crippen molar-refractivity contribution < 1.29 is 5.11 Å². The standard InChI is InChI=1S/C13H17N3O/c17-12-2-1-7-16-11(12)9-15-13(16)8-10-3-5-14-6-4-10/h1-2,7,9-10,14,17H,3-6,8H2. The van der Waals surface area contributed by atoms with Crippen LogP contribution in [0.1, 0.15) is 18.7 Å². The van der Waals surface area contributed by atoms with Crippen LogP contribution in [0.15, 0.2) is 24.5 Å². The molecule has 4 heteroatoms. The van der Waals surface area contributed by atoms with Crippen molar-refractivity contribution in [3.8, 4) is 5.75 Å². The number of fused-ring (bicyclic) bond motifs is 1. The van der Waals surface area contributed by atoms with Gasteiger partial charge in [0.15, 0.2) is 0 Å². The molecule has 17 heavy (non-hydrogen) atoms. The van der Waals surface area contributed by atoms with Gasteiger partial charge in [-0.3, -0.25) is 0 Å². The number of aromatic hydroxyl groups is 1. The van der Waals surface area contributed by atoms with Gasteiger partial charge in [-0.1, -0.05) is 0 Å². The Morgan fingerprint density at radius 3 is 3.06 bits per heavy atom. The second-order valence-corrected chi connectivity index (χ2v) is 4.72. The summed E-state index contributed by atoms with van der Waals surface area (Å²) in [5.41, 5.74) is 0.802. The smallest absolute Gasteiger partial charge is 0.141 e. The molecule has 1 aliphatic heterocycles. The van der Waals surface area contributed by atoms with Gasteiger partial charge in [0.1, 0.15) is 17.1 Å². The first kappa shape index (κ1) is 10.6. The van der Waals surface area contributed by atoms with Crippen molar-refractivity contribution in [2.75, 3.05) is 13.1 Å². The van der Waals surface area contributed by atoms with Crippen molar-refractivity contribution in [1.29, 1.82) is 0 Å². The molecule has 1 aliphatic rings. The SMILES string of the molecule is Oc1cccn2c(CC3CCNCC3)ncc12. The maximum atomic E-state index is 9.72. The molecule has 2 aromatic rings. The van der Waals surface area contributed by atoms with Gasteiger partial charge in [-0.15, -0.1) is 0 Å². The zero-order valence-electron chi connectivity index (χ0n) is 9.76. The third-order valence-electron chi connectivity index (χ3n) is 3.56. The summed E-state index contributed by atoms with van der Waals surface area (Å²) in [4.78, 5) is 4.43. The maximum Gasteiger partial charge on any atom is 0.141 e. The molecule has 0 unspecified atom stereocenters. The topological polar surface area (TPSA) is 49.6 Å². The molecular formula is C13H17N3O. The molecule has 2 aromatic heterocycles. The van der Waals surface area contributed by atoms with Crippen LogP contribution in [0.4, 0.5) is 0 Å². The molecule has 2 N–H and O–H groups in total. The molecule has 3 heterocycles. The summed E-state index contributed by atoms with van der Waals surface area (Å²) in [6.45, 7) is 2.22. The normalized spacial score (nSPS) is 17.6. The van der Waals surface area contributed by atoms with E-state index in [0.717, 1.165) is 30.9 Å². The van der Waals surface area contributed by atoms with Gasteiger partial charge in [0.2, 0.25) is 0 Å². The summed E-state index contributed by atoms with van der Waals surface area (Å²) in [6, 6.07) is 3.56. The van der Waals surface area contributed by atoms with Crippen molar-refractivity contribution >= 4 is 5.52 Å². The highest BCUT2D eigenvalue weighted by atomic mass is 16.3. The first-order valence-electron chi connectivity index (χ1n) is 6.19. The quantitative estimate of drug-likeness (QED) is 0.825. The lowest BCUT2D eigenvalue weighted by Gasteiger charge is -2.21. The van der Waals surface area contributed by atoms with Crippen LogP contribution in [0.3, 0.4) is 0 Å². The first-order valence-corrected chi connectivity index (χ1v) is 6.19. The number of nitrogens with zero attached hydrogens (tertiary/aromatic N) is 2. The number of pyridine rings is 1. The fourth-order valence-electron chi connectivity index (χ4n) is 2.56. The summed E-state index contributed by atoms with van der Waals surface area (Å²) in [5, 5.41) is 13.1. The molecule has 0 amide bonds. The van der Waals surface area contributed by atoms with Crippen LogP contribution in [-0.4, -0.2) is 27.6 Å². The average Bonchev–Trinajstić information content (AvgIpc) is 2.76. The van der Waals surface area contributed by atoms with E-state index in [2.05, 4.69) is 10.3 Å².